The summed E-state index contributed by atoms with van der Waals surface area (Å²) < 4.78 is 0. The zero-order valence-electron chi connectivity index (χ0n) is 8.45. The first-order valence-electron chi connectivity index (χ1n) is 4.81. The Kier molecular flexibility index (Phi) is 2.64. The average molecular weight is 203 g/mol. The van der Waals surface area contributed by atoms with Crippen LogP contribution in [0, 0.1) is 6.92 Å². The van der Waals surface area contributed by atoms with E-state index in [2.05, 4.69) is 48.5 Å². The van der Waals surface area contributed by atoms with Gasteiger partial charge in [0, 0.05) is 10.9 Å². The van der Waals surface area contributed by atoms with Crippen LogP contribution in [0.25, 0.3) is 10.6 Å². The monoisotopic (exact) mass is 203 g/mol. The number of benzene rings is 1. The van der Waals surface area contributed by atoms with Crippen molar-refractivity contribution in [3.8, 4) is 10.6 Å². The number of rotatable bonds is 2. The van der Waals surface area contributed by atoms with Gasteiger partial charge in [-0.2, -0.15) is 0 Å². The molecule has 0 N–H and O–H groups in total. The van der Waals surface area contributed by atoms with Crippen molar-refractivity contribution >= 4 is 11.3 Å². The molecule has 1 aromatic heterocycles. The van der Waals surface area contributed by atoms with E-state index in [1.807, 2.05) is 0 Å². The van der Waals surface area contributed by atoms with Crippen LogP contribution >= 0.6 is 11.3 Å². The second-order valence-corrected chi connectivity index (χ2v) is 4.22. The van der Waals surface area contributed by atoms with Crippen molar-refractivity contribution in [3.05, 3.63) is 40.9 Å². The molecule has 2 aromatic rings. The van der Waals surface area contributed by atoms with Gasteiger partial charge in [-0.3, -0.25) is 0 Å². The lowest BCUT2D eigenvalue weighted by atomic mass is 10.2. The Morgan fingerprint density at radius 3 is 2.50 bits per heavy atom. The van der Waals surface area contributed by atoms with Gasteiger partial charge in [0.25, 0.3) is 0 Å². The summed E-state index contributed by atoms with van der Waals surface area (Å²) in [4.78, 5) is 4.55. The number of hydrogen-bond donors (Lipinski definition) is 0. The van der Waals surface area contributed by atoms with Crippen LogP contribution in [-0.4, -0.2) is 4.98 Å². The van der Waals surface area contributed by atoms with Gasteiger partial charge in [0.2, 0.25) is 0 Å². The zero-order chi connectivity index (χ0) is 9.97. The fourth-order valence-electron chi connectivity index (χ4n) is 1.30. The number of nitrogens with zero attached hydrogens (tertiary/aromatic N) is 1. The first kappa shape index (κ1) is 9.41. The van der Waals surface area contributed by atoms with E-state index in [4.69, 9.17) is 0 Å². The molecular formula is C12H13NS. The van der Waals surface area contributed by atoms with Gasteiger partial charge < -0.3 is 0 Å². The van der Waals surface area contributed by atoms with Gasteiger partial charge in [0.05, 0.1) is 5.69 Å². The molecule has 0 unspecified atom stereocenters. The third-order valence-corrected chi connectivity index (χ3v) is 3.15. The highest BCUT2D eigenvalue weighted by Gasteiger charge is 2.02. The number of aromatic nitrogens is 1. The Bertz CT molecular complexity index is 414. The highest BCUT2D eigenvalue weighted by Crippen LogP contribution is 2.23. The van der Waals surface area contributed by atoms with Gasteiger partial charge in [-0.05, 0) is 13.3 Å². The lowest BCUT2D eigenvalue weighted by Gasteiger charge is -1.96. The molecule has 0 saturated heterocycles. The van der Waals surface area contributed by atoms with E-state index in [-0.39, 0.29) is 0 Å². The van der Waals surface area contributed by atoms with Gasteiger partial charge in [-0.15, -0.1) is 11.3 Å². The largest absolute Gasteiger partial charge is 0.241 e. The lowest BCUT2D eigenvalue weighted by molar-refractivity contribution is 1.07. The standard InChI is InChI=1S/C12H13NS/c1-3-11-8-14-12(13-11)10-6-4-9(2)5-7-10/h4-8H,3H2,1-2H3. The molecule has 1 nitrogen and oxygen atoms in total. The maximum absolute atomic E-state index is 4.55. The van der Waals surface area contributed by atoms with Crippen molar-refractivity contribution in [1.82, 2.24) is 4.98 Å². The molecule has 72 valence electrons. The van der Waals surface area contributed by atoms with Gasteiger partial charge in [-0.25, -0.2) is 4.98 Å². The molecule has 14 heavy (non-hydrogen) atoms. The van der Waals surface area contributed by atoms with Crippen LogP contribution in [-0.2, 0) is 6.42 Å². The normalized spacial score (nSPS) is 10.4. The molecule has 0 atom stereocenters. The van der Waals surface area contributed by atoms with E-state index in [1.165, 1.54) is 16.8 Å². The second-order valence-electron chi connectivity index (χ2n) is 3.36. The van der Waals surface area contributed by atoms with Crippen LogP contribution in [0.3, 0.4) is 0 Å². The fraction of sp³-hybridized carbons (Fsp3) is 0.250. The molecule has 0 aliphatic heterocycles. The molecule has 1 heterocycles. The summed E-state index contributed by atoms with van der Waals surface area (Å²) in [6, 6.07) is 8.52. The molecule has 0 aliphatic rings. The van der Waals surface area contributed by atoms with Crippen LogP contribution in [0.1, 0.15) is 18.2 Å². The summed E-state index contributed by atoms with van der Waals surface area (Å²) in [5, 5.41) is 3.26. The molecule has 0 saturated carbocycles. The molecule has 2 rings (SSSR count). The second kappa shape index (κ2) is 3.93. The number of aryl methyl sites for hydroxylation is 2. The van der Waals surface area contributed by atoms with Gasteiger partial charge in [0.1, 0.15) is 5.01 Å². The van der Waals surface area contributed by atoms with Gasteiger partial charge >= 0.3 is 0 Å². The van der Waals surface area contributed by atoms with E-state index in [0.29, 0.717) is 0 Å². The minimum absolute atomic E-state index is 1.02. The van der Waals surface area contributed by atoms with Crippen LogP contribution in [0.2, 0.25) is 0 Å². The maximum Gasteiger partial charge on any atom is 0.123 e. The average Bonchev–Trinajstić information content (AvgIpc) is 2.67. The van der Waals surface area contributed by atoms with Gasteiger partial charge in [-0.1, -0.05) is 36.8 Å². The molecule has 0 fully saturated rings. The lowest BCUT2D eigenvalue weighted by Crippen LogP contribution is -1.80. The van der Waals surface area contributed by atoms with E-state index < -0.39 is 0 Å². The Balaban J connectivity index is 2.34. The molecule has 0 amide bonds. The van der Waals surface area contributed by atoms with E-state index >= 15 is 0 Å². The highest BCUT2D eigenvalue weighted by atomic mass is 32.1. The molecule has 0 radical (unpaired) electrons. The predicted molar refractivity (Wildman–Crippen MR) is 61.7 cm³/mol. The molecular weight excluding hydrogens is 190 g/mol. The Labute approximate surface area is 88.4 Å². The van der Waals surface area contributed by atoms with Crippen LogP contribution < -0.4 is 0 Å². The summed E-state index contributed by atoms with van der Waals surface area (Å²) in [6.45, 7) is 4.23. The van der Waals surface area contributed by atoms with Crippen molar-refractivity contribution < 1.29 is 0 Å². The molecule has 1 aromatic carbocycles. The summed E-state index contributed by atoms with van der Waals surface area (Å²) >= 11 is 1.72. The van der Waals surface area contributed by atoms with E-state index in [0.717, 1.165) is 11.4 Å². The minimum Gasteiger partial charge on any atom is -0.241 e. The van der Waals surface area contributed by atoms with Crippen molar-refractivity contribution in [1.29, 1.82) is 0 Å². The van der Waals surface area contributed by atoms with E-state index in [9.17, 15) is 0 Å². The first-order valence-corrected chi connectivity index (χ1v) is 5.69. The fourth-order valence-corrected chi connectivity index (χ4v) is 2.21. The number of thiazole rings is 1. The minimum atomic E-state index is 1.02. The topological polar surface area (TPSA) is 12.9 Å². The smallest absolute Gasteiger partial charge is 0.123 e. The van der Waals surface area contributed by atoms with E-state index in [1.54, 1.807) is 11.3 Å². The summed E-state index contributed by atoms with van der Waals surface area (Å²) in [5.41, 5.74) is 3.70. The third-order valence-electron chi connectivity index (χ3n) is 2.21. The van der Waals surface area contributed by atoms with Crippen molar-refractivity contribution in [2.24, 2.45) is 0 Å². The third kappa shape index (κ3) is 1.85. The van der Waals surface area contributed by atoms with Crippen molar-refractivity contribution in [2.45, 2.75) is 20.3 Å². The molecule has 0 spiro atoms. The van der Waals surface area contributed by atoms with Gasteiger partial charge in [0.15, 0.2) is 0 Å². The Morgan fingerprint density at radius 2 is 1.93 bits per heavy atom. The van der Waals surface area contributed by atoms with Crippen molar-refractivity contribution in [3.63, 3.8) is 0 Å². The maximum atomic E-state index is 4.55. The Hall–Kier alpha value is -1.15. The highest BCUT2D eigenvalue weighted by molar-refractivity contribution is 7.13. The van der Waals surface area contributed by atoms with Crippen LogP contribution in [0.4, 0.5) is 0 Å². The summed E-state index contributed by atoms with van der Waals surface area (Å²) in [6.07, 6.45) is 1.02. The molecule has 0 bridgehead atoms. The SMILES string of the molecule is CCc1csc(-c2ccc(C)cc2)n1. The molecule has 0 aliphatic carbocycles. The number of hydrogen-bond acceptors (Lipinski definition) is 2. The first-order chi connectivity index (χ1) is 6.79. The van der Waals surface area contributed by atoms with Crippen LogP contribution in [0.5, 0.6) is 0 Å². The quantitative estimate of drug-likeness (QED) is 0.725. The summed E-state index contributed by atoms with van der Waals surface area (Å²) in [5.74, 6) is 0. The predicted octanol–water partition coefficient (Wildman–Crippen LogP) is 3.68. The van der Waals surface area contributed by atoms with Crippen LogP contribution in [0.15, 0.2) is 29.6 Å². The molecule has 2 heteroatoms. The summed E-state index contributed by atoms with van der Waals surface area (Å²) in [7, 11) is 0. The van der Waals surface area contributed by atoms with Crippen molar-refractivity contribution in [2.75, 3.05) is 0 Å². The zero-order valence-corrected chi connectivity index (χ0v) is 9.27. The Morgan fingerprint density at radius 1 is 1.21 bits per heavy atom.